The second kappa shape index (κ2) is 10.9. The van der Waals surface area contributed by atoms with E-state index in [1.54, 1.807) is 28.5 Å². The van der Waals surface area contributed by atoms with Crippen molar-refractivity contribution in [2.45, 2.75) is 23.6 Å². The molecule has 0 fully saturated rings. The predicted octanol–water partition coefficient (Wildman–Crippen LogP) is 0.642. The smallest absolute Gasteiger partial charge is 0.458 e. The van der Waals surface area contributed by atoms with Crippen LogP contribution in [-0.2, 0) is 20.0 Å². The van der Waals surface area contributed by atoms with Crippen molar-refractivity contribution in [3.05, 3.63) is 63.9 Å². The number of hydrogen-bond donors (Lipinski definition) is 1. The number of hydrogen-bond acceptors (Lipinski definition) is 4. The van der Waals surface area contributed by atoms with Crippen LogP contribution in [0.1, 0.15) is 11.1 Å². The van der Waals surface area contributed by atoms with Gasteiger partial charge in [-0.15, -0.1) is 4.24 Å². The van der Waals surface area contributed by atoms with E-state index in [1.807, 2.05) is 13.8 Å². The SMILES string of the molecule is Cc1ccc(S(=O)(=O)NCl)cc1.Cc1ccc(S(=O)(=O)[N-]Cl)cc1.[Na+]. The molecule has 11 heteroatoms. The third-order valence-corrected chi connectivity index (χ3v) is 6.14. The zero-order valence-electron chi connectivity index (χ0n) is 13.8. The molecule has 0 radical (unpaired) electrons. The van der Waals surface area contributed by atoms with E-state index in [2.05, 4.69) is 4.24 Å². The van der Waals surface area contributed by atoms with Crippen molar-refractivity contribution in [3.63, 3.8) is 0 Å². The van der Waals surface area contributed by atoms with Gasteiger partial charge in [0.15, 0.2) is 0 Å². The van der Waals surface area contributed by atoms with Gasteiger partial charge in [-0.25, -0.2) is 16.8 Å². The van der Waals surface area contributed by atoms with Gasteiger partial charge in [0.25, 0.3) is 10.0 Å². The zero-order chi connectivity index (χ0) is 18.4. The van der Waals surface area contributed by atoms with Gasteiger partial charge in [-0.05, 0) is 49.9 Å². The maximum absolute atomic E-state index is 11.1. The second-order valence-corrected chi connectivity index (χ2v) is 8.82. The van der Waals surface area contributed by atoms with Crippen LogP contribution in [0.4, 0.5) is 0 Å². The summed E-state index contributed by atoms with van der Waals surface area (Å²) in [5.74, 6) is 0. The monoisotopic (exact) mass is 432 g/mol. The van der Waals surface area contributed by atoms with E-state index in [1.165, 1.54) is 24.3 Å². The van der Waals surface area contributed by atoms with Crippen molar-refractivity contribution >= 4 is 43.6 Å². The van der Waals surface area contributed by atoms with Crippen molar-refractivity contribution < 1.29 is 46.4 Å². The molecule has 1 N–H and O–H groups in total. The number of benzene rings is 2. The van der Waals surface area contributed by atoms with Gasteiger partial charge in [-0.3, -0.25) is 11.8 Å². The Morgan fingerprint density at radius 1 is 0.800 bits per heavy atom. The van der Waals surface area contributed by atoms with Gasteiger partial charge in [-0.1, -0.05) is 35.4 Å². The fourth-order valence-corrected chi connectivity index (χ4v) is 3.16. The van der Waals surface area contributed by atoms with Gasteiger partial charge < -0.3 is 4.24 Å². The van der Waals surface area contributed by atoms with Crippen molar-refractivity contribution in [2.75, 3.05) is 0 Å². The minimum Gasteiger partial charge on any atom is -0.458 e. The Kier molecular flexibility index (Phi) is 10.8. The summed E-state index contributed by atoms with van der Waals surface area (Å²) in [6.07, 6.45) is 0. The van der Waals surface area contributed by atoms with E-state index in [0.717, 1.165) is 11.1 Å². The molecule has 0 heterocycles. The number of sulfonamides is 2. The third kappa shape index (κ3) is 7.94. The van der Waals surface area contributed by atoms with Crippen molar-refractivity contribution in [2.24, 2.45) is 0 Å². The fourth-order valence-electron chi connectivity index (χ4n) is 1.51. The summed E-state index contributed by atoms with van der Waals surface area (Å²) in [5.41, 5.74) is 1.99. The summed E-state index contributed by atoms with van der Waals surface area (Å²) in [6, 6.07) is 12.7. The summed E-state index contributed by atoms with van der Waals surface area (Å²) in [4.78, 5) is 0.284. The summed E-state index contributed by atoms with van der Waals surface area (Å²) < 4.78 is 48.7. The average molecular weight is 433 g/mol. The number of nitrogens with zero attached hydrogens (tertiary/aromatic N) is 1. The standard InChI is InChI=1S/C7H8ClNO2S.C7H7ClNO2S.Na/c2*1-6-2-4-7(5-3-6)12(10,11)9-8;/h2-5,9H,1H3;2-5H,1H3;/q;-1;+1. The van der Waals surface area contributed by atoms with Crippen molar-refractivity contribution in [1.82, 2.24) is 4.24 Å². The Morgan fingerprint density at radius 3 is 1.48 bits per heavy atom. The molecule has 0 saturated heterocycles. The van der Waals surface area contributed by atoms with Crippen LogP contribution in [0.15, 0.2) is 58.3 Å². The molecule has 2 rings (SSSR count). The number of halogens is 2. The minimum atomic E-state index is -3.62. The first-order valence-electron chi connectivity index (χ1n) is 6.46. The second-order valence-electron chi connectivity index (χ2n) is 4.75. The minimum absolute atomic E-state index is 0. The Balaban J connectivity index is 0.000000443. The van der Waals surface area contributed by atoms with Crippen LogP contribution in [0.3, 0.4) is 0 Å². The Hall–Kier alpha value is -0.160. The fraction of sp³-hybridized carbons (Fsp3) is 0.143. The van der Waals surface area contributed by atoms with Crippen LogP contribution >= 0.6 is 23.6 Å². The Bertz CT molecular complexity index is 797. The first kappa shape index (κ1) is 24.8. The van der Waals surface area contributed by atoms with Gasteiger partial charge in [0.05, 0.1) is 4.90 Å². The van der Waals surface area contributed by atoms with Crippen molar-refractivity contribution in [3.8, 4) is 0 Å². The first-order valence-corrected chi connectivity index (χ1v) is 10.1. The molecule has 0 saturated carbocycles. The molecule has 25 heavy (non-hydrogen) atoms. The van der Waals surface area contributed by atoms with Gasteiger partial charge >= 0.3 is 29.6 Å². The topological polar surface area (TPSA) is 94.4 Å². The van der Waals surface area contributed by atoms with Gasteiger partial charge in [-0.2, -0.15) is 0 Å². The number of aryl methyl sites for hydroxylation is 2. The van der Waals surface area contributed by atoms with Crippen LogP contribution < -0.4 is 33.8 Å². The summed E-state index contributed by atoms with van der Waals surface area (Å²) in [6.45, 7) is 3.75. The van der Waals surface area contributed by atoms with Crippen LogP contribution in [-0.4, -0.2) is 16.8 Å². The average Bonchev–Trinajstić information content (AvgIpc) is 2.56. The van der Waals surface area contributed by atoms with Crippen LogP contribution in [0.5, 0.6) is 0 Å². The van der Waals surface area contributed by atoms with Crippen LogP contribution in [0.2, 0.25) is 0 Å². The number of rotatable bonds is 4. The van der Waals surface area contributed by atoms with E-state index in [9.17, 15) is 16.8 Å². The molecule has 0 spiro atoms. The van der Waals surface area contributed by atoms with E-state index in [4.69, 9.17) is 23.6 Å². The Labute approximate surface area is 180 Å². The molecule has 0 aliphatic carbocycles. The molecule has 132 valence electrons. The molecule has 0 aliphatic rings. The molecule has 0 aromatic heterocycles. The molecule has 0 bridgehead atoms. The van der Waals surface area contributed by atoms with E-state index in [0.29, 0.717) is 0 Å². The molecule has 6 nitrogen and oxygen atoms in total. The molecule has 0 unspecified atom stereocenters. The summed E-state index contributed by atoms with van der Waals surface area (Å²) in [7, 11) is -7.12. The van der Waals surface area contributed by atoms with Crippen LogP contribution in [0.25, 0.3) is 4.24 Å². The largest absolute Gasteiger partial charge is 1.00 e. The molecular weight excluding hydrogens is 418 g/mol. The van der Waals surface area contributed by atoms with Gasteiger partial charge in [0.2, 0.25) is 0 Å². The van der Waals surface area contributed by atoms with E-state index < -0.39 is 20.0 Å². The quantitative estimate of drug-likeness (QED) is 0.566. The molecule has 0 atom stereocenters. The van der Waals surface area contributed by atoms with E-state index >= 15 is 0 Å². The van der Waals surface area contributed by atoms with E-state index in [-0.39, 0.29) is 39.3 Å². The molecular formula is C14H15Cl2N2NaO4S2. The zero-order valence-corrected chi connectivity index (χ0v) is 18.9. The Morgan fingerprint density at radius 2 is 1.16 bits per heavy atom. The normalized spacial score (nSPS) is 11.0. The summed E-state index contributed by atoms with van der Waals surface area (Å²) >= 11 is 9.93. The molecule has 2 aromatic rings. The van der Waals surface area contributed by atoms with Crippen LogP contribution in [0, 0.1) is 13.8 Å². The maximum Gasteiger partial charge on any atom is 1.00 e. The molecule has 2 aromatic carbocycles. The predicted molar refractivity (Wildman–Crippen MR) is 94.9 cm³/mol. The van der Waals surface area contributed by atoms with Gasteiger partial charge in [0.1, 0.15) is 10.0 Å². The molecule has 0 amide bonds. The first-order chi connectivity index (χ1) is 11.1. The molecule has 0 aliphatic heterocycles. The third-order valence-electron chi connectivity index (χ3n) is 2.84. The van der Waals surface area contributed by atoms with Gasteiger partial charge in [0, 0.05) is 4.90 Å². The number of nitrogens with one attached hydrogen (secondary N) is 1. The van der Waals surface area contributed by atoms with Crippen molar-refractivity contribution in [1.29, 1.82) is 0 Å². The summed E-state index contributed by atoms with van der Waals surface area (Å²) in [5, 5.41) is 0. The maximum atomic E-state index is 11.1.